The van der Waals surface area contributed by atoms with Crippen LogP contribution in [0.5, 0.6) is 0 Å². The lowest BCUT2D eigenvalue weighted by atomic mass is 10.1. The SMILES string of the molecule is COC(=O)c1cccc(NC(=O)CCCc2ccccc2)c1C. The monoisotopic (exact) mass is 311 g/mol. The Kier molecular flexibility index (Phi) is 5.92. The molecule has 0 saturated heterocycles. The molecule has 0 aliphatic heterocycles. The summed E-state index contributed by atoms with van der Waals surface area (Å²) in [5.74, 6) is -0.450. The standard InChI is InChI=1S/C19H21NO3/c1-14-16(19(22)23-2)11-7-12-17(14)20-18(21)13-6-10-15-8-4-3-5-9-15/h3-5,7-9,11-12H,6,10,13H2,1-2H3,(H,20,21). The molecule has 1 N–H and O–H groups in total. The normalized spacial score (nSPS) is 10.2. The first kappa shape index (κ1) is 16.7. The van der Waals surface area contributed by atoms with Gasteiger partial charge in [0.05, 0.1) is 12.7 Å². The van der Waals surface area contributed by atoms with Crippen LogP contribution in [-0.2, 0) is 16.0 Å². The zero-order valence-corrected chi connectivity index (χ0v) is 13.5. The molecule has 120 valence electrons. The molecule has 4 heteroatoms. The van der Waals surface area contributed by atoms with Crippen LogP contribution in [0.2, 0.25) is 0 Å². The number of anilines is 1. The second kappa shape index (κ2) is 8.13. The van der Waals surface area contributed by atoms with Crippen molar-refractivity contribution >= 4 is 17.6 Å². The molecule has 0 unspecified atom stereocenters. The van der Waals surface area contributed by atoms with Crippen molar-refractivity contribution in [2.75, 3.05) is 12.4 Å². The molecule has 0 spiro atoms. The number of carbonyl (C=O) groups excluding carboxylic acids is 2. The molecule has 2 rings (SSSR count). The van der Waals surface area contributed by atoms with Crippen molar-refractivity contribution in [2.45, 2.75) is 26.2 Å². The lowest BCUT2D eigenvalue weighted by Gasteiger charge is -2.11. The van der Waals surface area contributed by atoms with Gasteiger partial charge < -0.3 is 10.1 Å². The summed E-state index contributed by atoms with van der Waals surface area (Å²) in [4.78, 5) is 23.7. The largest absolute Gasteiger partial charge is 0.465 e. The Bertz CT molecular complexity index is 680. The van der Waals surface area contributed by atoms with Crippen LogP contribution >= 0.6 is 0 Å². The maximum Gasteiger partial charge on any atom is 0.338 e. The van der Waals surface area contributed by atoms with Crippen molar-refractivity contribution in [3.63, 3.8) is 0 Å². The Balaban J connectivity index is 1.91. The summed E-state index contributed by atoms with van der Waals surface area (Å²) < 4.78 is 4.74. The molecule has 0 fully saturated rings. The van der Waals surface area contributed by atoms with Crippen molar-refractivity contribution in [2.24, 2.45) is 0 Å². The summed E-state index contributed by atoms with van der Waals surface area (Å²) in [5, 5.41) is 2.87. The summed E-state index contributed by atoms with van der Waals surface area (Å²) in [5.41, 5.74) is 3.06. The molecule has 2 aromatic carbocycles. The average Bonchev–Trinajstić information content (AvgIpc) is 2.57. The third kappa shape index (κ3) is 4.68. The zero-order valence-electron chi connectivity index (χ0n) is 13.5. The topological polar surface area (TPSA) is 55.4 Å². The summed E-state index contributed by atoms with van der Waals surface area (Å²) in [6, 6.07) is 15.3. The lowest BCUT2D eigenvalue weighted by molar-refractivity contribution is -0.116. The number of carbonyl (C=O) groups is 2. The van der Waals surface area contributed by atoms with E-state index in [1.54, 1.807) is 25.1 Å². The summed E-state index contributed by atoms with van der Waals surface area (Å²) >= 11 is 0. The minimum Gasteiger partial charge on any atom is -0.465 e. The molecular weight excluding hydrogens is 290 g/mol. The fraction of sp³-hybridized carbons (Fsp3) is 0.263. The lowest BCUT2D eigenvalue weighted by Crippen LogP contribution is -2.14. The molecule has 0 bridgehead atoms. The minimum atomic E-state index is -0.400. The van der Waals surface area contributed by atoms with E-state index in [9.17, 15) is 9.59 Å². The second-order valence-electron chi connectivity index (χ2n) is 5.36. The highest BCUT2D eigenvalue weighted by Crippen LogP contribution is 2.20. The molecule has 0 saturated carbocycles. The molecular formula is C19H21NO3. The van der Waals surface area contributed by atoms with E-state index < -0.39 is 5.97 Å². The Labute approximate surface area is 136 Å². The molecule has 0 aromatic heterocycles. The molecule has 1 amide bonds. The van der Waals surface area contributed by atoms with Gasteiger partial charge in [0.1, 0.15) is 0 Å². The number of esters is 1. The molecule has 0 radical (unpaired) electrons. The van der Waals surface area contributed by atoms with Gasteiger partial charge in [0.25, 0.3) is 0 Å². The Hall–Kier alpha value is -2.62. The van der Waals surface area contributed by atoms with Crippen LogP contribution in [-0.4, -0.2) is 19.0 Å². The van der Waals surface area contributed by atoms with Crippen LogP contribution in [0.4, 0.5) is 5.69 Å². The van der Waals surface area contributed by atoms with E-state index in [-0.39, 0.29) is 5.91 Å². The number of aryl methyl sites for hydroxylation is 1. The van der Waals surface area contributed by atoms with Gasteiger partial charge >= 0.3 is 5.97 Å². The molecule has 23 heavy (non-hydrogen) atoms. The number of amides is 1. The first-order chi connectivity index (χ1) is 11.1. The highest BCUT2D eigenvalue weighted by atomic mass is 16.5. The van der Waals surface area contributed by atoms with E-state index >= 15 is 0 Å². The Morgan fingerprint density at radius 2 is 1.78 bits per heavy atom. The van der Waals surface area contributed by atoms with Gasteiger partial charge in [0, 0.05) is 12.1 Å². The fourth-order valence-corrected chi connectivity index (χ4v) is 2.41. The molecule has 0 aliphatic rings. The van der Waals surface area contributed by atoms with Crippen LogP contribution in [0, 0.1) is 6.92 Å². The fourth-order valence-electron chi connectivity index (χ4n) is 2.41. The highest BCUT2D eigenvalue weighted by Gasteiger charge is 2.13. The summed E-state index contributed by atoms with van der Waals surface area (Å²) in [7, 11) is 1.34. The van der Waals surface area contributed by atoms with Crippen LogP contribution < -0.4 is 5.32 Å². The molecule has 0 aliphatic carbocycles. The molecule has 0 heterocycles. The highest BCUT2D eigenvalue weighted by molar-refractivity contribution is 5.96. The quantitative estimate of drug-likeness (QED) is 0.827. The van der Waals surface area contributed by atoms with E-state index in [1.165, 1.54) is 12.7 Å². The molecule has 2 aromatic rings. The van der Waals surface area contributed by atoms with E-state index in [2.05, 4.69) is 17.4 Å². The number of rotatable bonds is 6. The van der Waals surface area contributed by atoms with Gasteiger partial charge in [-0.05, 0) is 43.0 Å². The Morgan fingerprint density at radius 1 is 1.04 bits per heavy atom. The van der Waals surface area contributed by atoms with Crippen LogP contribution in [0.1, 0.15) is 34.3 Å². The van der Waals surface area contributed by atoms with Gasteiger partial charge in [0.2, 0.25) is 5.91 Å². The third-order valence-electron chi connectivity index (χ3n) is 3.73. The predicted molar refractivity (Wildman–Crippen MR) is 90.5 cm³/mol. The van der Waals surface area contributed by atoms with E-state index in [0.717, 1.165) is 18.4 Å². The van der Waals surface area contributed by atoms with Gasteiger partial charge in [-0.3, -0.25) is 4.79 Å². The number of benzene rings is 2. The number of ether oxygens (including phenoxy) is 1. The second-order valence-corrected chi connectivity index (χ2v) is 5.36. The van der Waals surface area contributed by atoms with E-state index in [1.807, 2.05) is 18.2 Å². The maximum absolute atomic E-state index is 12.1. The Morgan fingerprint density at radius 3 is 2.48 bits per heavy atom. The minimum absolute atomic E-state index is 0.0500. The van der Waals surface area contributed by atoms with Crippen LogP contribution in [0.3, 0.4) is 0 Å². The van der Waals surface area contributed by atoms with Gasteiger partial charge in [-0.15, -0.1) is 0 Å². The van der Waals surface area contributed by atoms with E-state index in [0.29, 0.717) is 17.7 Å². The molecule has 4 nitrogen and oxygen atoms in total. The van der Waals surface area contributed by atoms with Crippen molar-refractivity contribution in [3.8, 4) is 0 Å². The first-order valence-electron chi connectivity index (χ1n) is 7.63. The third-order valence-corrected chi connectivity index (χ3v) is 3.73. The van der Waals surface area contributed by atoms with Gasteiger partial charge in [-0.2, -0.15) is 0 Å². The summed E-state index contributed by atoms with van der Waals surface area (Å²) in [6.07, 6.45) is 2.10. The number of methoxy groups -OCH3 is 1. The first-order valence-corrected chi connectivity index (χ1v) is 7.63. The smallest absolute Gasteiger partial charge is 0.338 e. The predicted octanol–water partition coefficient (Wildman–Crippen LogP) is 3.74. The summed E-state index contributed by atoms with van der Waals surface area (Å²) in [6.45, 7) is 1.80. The van der Waals surface area contributed by atoms with Crippen LogP contribution in [0.15, 0.2) is 48.5 Å². The van der Waals surface area contributed by atoms with Crippen molar-refractivity contribution in [1.29, 1.82) is 0 Å². The number of hydrogen-bond donors (Lipinski definition) is 1. The number of hydrogen-bond acceptors (Lipinski definition) is 3. The van der Waals surface area contributed by atoms with Crippen molar-refractivity contribution in [1.82, 2.24) is 0 Å². The molecule has 0 atom stereocenters. The average molecular weight is 311 g/mol. The van der Waals surface area contributed by atoms with Gasteiger partial charge in [-0.1, -0.05) is 36.4 Å². The van der Waals surface area contributed by atoms with Crippen LogP contribution in [0.25, 0.3) is 0 Å². The zero-order chi connectivity index (χ0) is 16.7. The van der Waals surface area contributed by atoms with Crippen molar-refractivity contribution in [3.05, 3.63) is 65.2 Å². The van der Waals surface area contributed by atoms with Gasteiger partial charge in [0.15, 0.2) is 0 Å². The maximum atomic E-state index is 12.1. The van der Waals surface area contributed by atoms with E-state index in [4.69, 9.17) is 4.74 Å². The van der Waals surface area contributed by atoms with Crippen molar-refractivity contribution < 1.29 is 14.3 Å². The van der Waals surface area contributed by atoms with Gasteiger partial charge in [-0.25, -0.2) is 4.79 Å². The number of nitrogens with one attached hydrogen (secondary N) is 1.